The van der Waals surface area contributed by atoms with Crippen LogP contribution in [0.2, 0.25) is 0 Å². The first-order valence-electron chi connectivity index (χ1n) is 9.49. The molecule has 0 aromatic heterocycles. The molecule has 0 bridgehead atoms. The Kier molecular flexibility index (Phi) is 5.78. The maximum absolute atomic E-state index is 13.1. The van der Waals surface area contributed by atoms with Gasteiger partial charge in [-0.2, -0.15) is 13.2 Å². The third kappa shape index (κ3) is 4.75. The Labute approximate surface area is 172 Å². The summed E-state index contributed by atoms with van der Waals surface area (Å²) in [6.45, 7) is 6.29. The number of hydrogen-bond acceptors (Lipinski definition) is 3. The molecule has 2 amide bonds. The Hall–Kier alpha value is -3.03. The van der Waals surface area contributed by atoms with Gasteiger partial charge in [0.15, 0.2) is 0 Å². The van der Waals surface area contributed by atoms with Gasteiger partial charge in [-0.15, -0.1) is 0 Å². The lowest BCUT2D eigenvalue weighted by Crippen LogP contribution is -2.36. The van der Waals surface area contributed by atoms with E-state index in [0.29, 0.717) is 30.0 Å². The molecule has 0 radical (unpaired) electrons. The monoisotopic (exact) mass is 420 g/mol. The number of anilines is 1. The van der Waals surface area contributed by atoms with E-state index in [9.17, 15) is 22.8 Å². The second-order valence-electron chi connectivity index (χ2n) is 8.21. The van der Waals surface area contributed by atoms with Gasteiger partial charge >= 0.3 is 12.3 Å². The topological polar surface area (TPSA) is 58.6 Å². The maximum Gasteiger partial charge on any atom is 0.416 e. The van der Waals surface area contributed by atoms with E-state index in [1.807, 2.05) is 20.8 Å². The Balaban J connectivity index is 1.82. The highest BCUT2D eigenvalue weighted by Gasteiger charge is 2.33. The van der Waals surface area contributed by atoms with Crippen molar-refractivity contribution in [2.45, 2.75) is 33.0 Å². The highest BCUT2D eigenvalue weighted by atomic mass is 19.4. The van der Waals surface area contributed by atoms with Gasteiger partial charge in [0.1, 0.15) is 6.61 Å². The molecule has 8 heteroatoms. The van der Waals surface area contributed by atoms with Crippen molar-refractivity contribution in [1.82, 2.24) is 5.32 Å². The van der Waals surface area contributed by atoms with Crippen molar-refractivity contribution in [3.8, 4) is 0 Å². The number of alkyl halides is 3. The lowest BCUT2D eigenvalue weighted by Gasteiger charge is -2.32. The Bertz CT molecular complexity index is 934. The molecule has 1 aliphatic heterocycles. The van der Waals surface area contributed by atoms with Gasteiger partial charge in [0.25, 0.3) is 5.91 Å². The normalized spacial score (nSPS) is 15.7. The van der Waals surface area contributed by atoms with E-state index in [1.165, 1.54) is 11.0 Å². The number of cyclic esters (lactones) is 1. The average Bonchev–Trinajstić information content (AvgIpc) is 3.10. The van der Waals surface area contributed by atoms with Crippen molar-refractivity contribution in [1.29, 1.82) is 0 Å². The second-order valence-corrected chi connectivity index (χ2v) is 8.21. The summed E-state index contributed by atoms with van der Waals surface area (Å²) in [5.74, 6) is -0.414. The van der Waals surface area contributed by atoms with Crippen LogP contribution in [0.4, 0.5) is 23.7 Å². The first-order valence-corrected chi connectivity index (χ1v) is 9.49. The third-order valence-corrected chi connectivity index (χ3v) is 4.89. The van der Waals surface area contributed by atoms with Gasteiger partial charge in [0.05, 0.1) is 18.2 Å². The summed E-state index contributed by atoms with van der Waals surface area (Å²) in [5.41, 5.74) is 0.0402. The molecule has 1 heterocycles. The molecule has 1 fully saturated rings. The Morgan fingerprint density at radius 3 is 2.30 bits per heavy atom. The summed E-state index contributed by atoms with van der Waals surface area (Å²) < 4.78 is 44.3. The highest BCUT2D eigenvalue weighted by Crippen LogP contribution is 2.36. The predicted octanol–water partition coefficient (Wildman–Crippen LogP) is 5.18. The van der Waals surface area contributed by atoms with E-state index in [2.05, 4.69) is 5.32 Å². The van der Waals surface area contributed by atoms with Gasteiger partial charge in [0.2, 0.25) is 0 Å². The van der Waals surface area contributed by atoms with E-state index in [-0.39, 0.29) is 0 Å². The molecule has 1 atom stereocenters. The van der Waals surface area contributed by atoms with Gasteiger partial charge in [-0.05, 0) is 47.4 Å². The van der Waals surface area contributed by atoms with Gasteiger partial charge in [0, 0.05) is 11.3 Å². The number of carbonyl (C=O) groups excluding carboxylic acids is 2. The van der Waals surface area contributed by atoms with Crippen LogP contribution in [0.25, 0.3) is 0 Å². The van der Waals surface area contributed by atoms with Crippen molar-refractivity contribution in [2.24, 2.45) is 5.41 Å². The zero-order valence-corrected chi connectivity index (χ0v) is 16.9. The standard InChI is InChI=1S/C22H23F3N2O3/c1-21(2,3)18(15-5-4-6-16(13-15)22(23,24)25)26-19(28)14-7-9-17(10-8-14)27-11-12-30-20(27)29/h4-10,13,18H,11-12H2,1-3H3,(H,26,28). The lowest BCUT2D eigenvalue weighted by molar-refractivity contribution is -0.137. The molecule has 30 heavy (non-hydrogen) atoms. The van der Waals surface area contributed by atoms with Gasteiger partial charge in [-0.3, -0.25) is 9.69 Å². The molecule has 2 aromatic rings. The van der Waals surface area contributed by atoms with Crippen LogP contribution >= 0.6 is 0 Å². The molecular formula is C22H23F3N2O3. The van der Waals surface area contributed by atoms with Crippen LogP contribution in [0.15, 0.2) is 48.5 Å². The molecule has 1 saturated heterocycles. The molecule has 2 aromatic carbocycles. The van der Waals surface area contributed by atoms with Crippen LogP contribution in [0.5, 0.6) is 0 Å². The lowest BCUT2D eigenvalue weighted by atomic mass is 9.81. The summed E-state index contributed by atoms with van der Waals surface area (Å²) in [4.78, 5) is 25.9. The Morgan fingerprint density at radius 1 is 1.10 bits per heavy atom. The van der Waals surface area contributed by atoms with E-state index in [0.717, 1.165) is 12.1 Å². The molecular weight excluding hydrogens is 397 g/mol. The third-order valence-electron chi connectivity index (χ3n) is 4.89. The van der Waals surface area contributed by atoms with E-state index in [4.69, 9.17) is 4.74 Å². The minimum Gasteiger partial charge on any atom is -0.447 e. The molecule has 3 rings (SSSR count). The number of benzene rings is 2. The van der Waals surface area contributed by atoms with Crippen LogP contribution < -0.4 is 10.2 Å². The Morgan fingerprint density at radius 2 is 1.77 bits per heavy atom. The SMILES string of the molecule is CC(C)(C)C(NC(=O)c1ccc(N2CCOC2=O)cc1)c1cccc(C(F)(F)F)c1. The largest absolute Gasteiger partial charge is 0.447 e. The van der Waals surface area contributed by atoms with Crippen LogP contribution in [-0.2, 0) is 10.9 Å². The first kappa shape index (κ1) is 21.7. The number of hydrogen-bond donors (Lipinski definition) is 1. The number of halogens is 3. The van der Waals surface area contributed by atoms with Crippen LogP contribution in [0.1, 0.15) is 48.3 Å². The molecule has 160 valence electrons. The number of amides is 2. The van der Waals surface area contributed by atoms with Gasteiger partial charge < -0.3 is 10.1 Å². The number of rotatable bonds is 4. The minimum absolute atomic E-state index is 0.311. The summed E-state index contributed by atoms with van der Waals surface area (Å²) in [5, 5.41) is 2.85. The van der Waals surface area contributed by atoms with Crippen molar-refractivity contribution < 1.29 is 27.5 Å². The molecule has 1 N–H and O–H groups in total. The zero-order chi connectivity index (χ0) is 22.1. The summed E-state index contributed by atoms with van der Waals surface area (Å²) in [6.07, 6.45) is -4.90. The van der Waals surface area contributed by atoms with E-state index in [1.54, 1.807) is 30.3 Å². The number of carbonyl (C=O) groups is 2. The predicted molar refractivity (Wildman–Crippen MR) is 106 cm³/mol. The fourth-order valence-electron chi connectivity index (χ4n) is 3.33. The summed E-state index contributed by atoms with van der Waals surface area (Å²) >= 11 is 0. The maximum atomic E-state index is 13.1. The van der Waals surface area contributed by atoms with Crippen LogP contribution in [0, 0.1) is 5.41 Å². The fraction of sp³-hybridized carbons (Fsp3) is 0.364. The fourth-order valence-corrected chi connectivity index (χ4v) is 3.33. The summed E-state index contributed by atoms with van der Waals surface area (Å²) in [7, 11) is 0. The molecule has 1 aliphatic rings. The average molecular weight is 420 g/mol. The van der Waals surface area contributed by atoms with Crippen LogP contribution in [-0.4, -0.2) is 25.2 Å². The number of nitrogens with one attached hydrogen (secondary N) is 1. The van der Waals surface area contributed by atoms with E-state index >= 15 is 0 Å². The second kappa shape index (κ2) is 8.01. The smallest absolute Gasteiger partial charge is 0.416 e. The number of ether oxygens (including phenoxy) is 1. The van der Waals surface area contributed by atoms with Crippen molar-refractivity contribution in [3.63, 3.8) is 0 Å². The molecule has 0 spiro atoms. The highest BCUT2D eigenvalue weighted by molar-refractivity contribution is 5.96. The molecule has 0 saturated carbocycles. The zero-order valence-electron chi connectivity index (χ0n) is 16.9. The summed E-state index contributed by atoms with van der Waals surface area (Å²) in [6, 6.07) is 10.8. The van der Waals surface area contributed by atoms with Crippen molar-refractivity contribution in [3.05, 3.63) is 65.2 Å². The van der Waals surface area contributed by atoms with Crippen molar-refractivity contribution >= 4 is 17.7 Å². The quantitative estimate of drug-likeness (QED) is 0.742. The van der Waals surface area contributed by atoms with Gasteiger partial charge in [-0.25, -0.2) is 4.79 Å². The molecule has 0 aliphatic carbocycles. The van der Waals surface area contributed by atoms with Gasteiger partial charge in [-0.1, -0.05) is 32.9 Å². The minimum atomic E-state index is -4.46. The first-order chi connectivity index (χ1) is 14.0. The van der Waals surface area contributed by atoms with E-state index < -0.39 is 35.2 Å². The molecule has 1 unspecified atom stereocenters. The van der Waals surface area contributed by atoms with Crippen LogP contribution in [0.3, 0.4) is 0 Å². The number of nitrogens with zero attached hydrogens (tertiary/aromatic N) is 1. The molecule has 5 nitrogen and oxygen atoms in total. The van der Waals surface area contributed by atoms with Crippen molar-refractivity contribution in [2.75, 3.05) is 18.1 Å².